The minimum Gasteiger partial charge on any atom is -0.479 e. The van der Waals surface area contributed by atoms with Crippen LogP contribution in [0.25, 0.3) is 0 Å². The second-order valence-corrected chi connectivity index (χ2v) is 5.49. The molecule has 2 atom stereocenters. The van der Waals surface area contributed by atoms with Gasteiger partial charge in [0.1, 0.15) is 0 Å². The highest BCUT2D eigenvalue weighted by Gasteiger charge is 2.32. The van der Waals surface area contributed by atoms with Gasteiger partial charge in [-0.2, -0.15) is 0 Å². The molecule has 0 aromatic heterocycles. The minimum absolute atomic E-state index is 0.387. The Morgan fingerprint density at radius 2 is 0.917 bits per heavy atom. The molecule has 2 aromatic rings. The highest BCUT2D eigenvalue weighted by atomic mass is 16.4. The third-order valence-corrected chi connectivity index (χ3v) is 3.50. The lowest BCUT2D eigenvalue weighted by atomic mass is 9.97. The summed E-state index contributed by atoms with van der Waals surface area (Å²) in [6.07, 6.45) is 0. The van der Waals surface area contributed by atoms with E-state index in [2.05, 4.69) is 0 Å². The van der Waals surface area contributed by atoms with Crippen LogP contribution in [-0.2, 0) is 20.8 Å². The van der Waals surface area contributed by atoms with E-state index in [1.807, 2.05) is 0 Å². The number of aliphatic hydroxyl groups is 2. The molecule has 0 radical (unpaired) electrons. The fraction of sp³-hybridized carbons (Fsp3) is 0.222. The average molecular weight is 332 g/mol. The van der Waals surface area contributed by atoms with E-state index in [1.165, 1.54) is 13.8 Å². The van der Waals surface area contributed by atoms with E-state index in [1.54, 1.807) is 60.7 Å². The van der Waals surface area contributed by atoms with Crippen LogP contribution in [0.3, 0.4) is 0 Å². The van der Waals surface area contributed by atoms with E-state index in [9.17, 15) is 19.8 Å². The lowest BCUT2D eigenvalue weighted by Gasteiger charge is -2.17. The molecule has 0 unspecified atom stereocenters. The van der Waals surface area contributed by atoms with Crippen molar-refractivity contribution in [3.8, 4) is 0 Å². The molecular weight excluding hydrogens is 312 g/mol. The van der Waals surface area contributed by atoms with Crippen LogP contribution in [-0.4, -0.2) is 32.4 Å². The lowest BCUT2D eigenvalue weighted by molar-refractivity contribution is -0.158. The topological polar surface area (TPSA) is 115 Å². The third-order valence-electron chi connectivity index (χ3n) is 3.50. The van der Waals surface area contributed by atoms with E-state index >= 15 is 0 Å². The molecule has 0 amide bonds. The van der Waals surface area contributed by atoms with E-state index in [4.69, 9.17) is 10.2 Å². The van der Waals surface area contributed by atoms with Crippen LogP contribution in [0.2, 0.25) is 0 Å². The third kappa shape index (κ3) is 4.65. The van der Waals surface area contributed by atoms with Gasteiger partial charge < -0.3 is 20.4 Å². The van der Waals surface area contributed by atoms with Crippen molar-refractivity contribution >= 4 is 11.9 Å². The van der Waals surface area contributed by atoms with Crippen LogP contribution in [0, 0.1) is 0 Å². The Bertz CT molecular complexity index is 616. The first-order valence-corrected chi connectivity index (χ1v) is 7.12. The van der Waals surface area contributed by atoms with E-state index in [0.29, 0.717) is 11.1 Å². The van der Waals surface area contributed by atoms with Crippen molar-refractivity contribution < 1.29 is 30.0 Å². The second-order valence-electron chi connectivity index (χ2n) is 5.49. The summed E-state index contributed by atoms with van der Waals surface area (Å²) in [6, 6.07) is 16.6. The molecule has 24 heavy (non-hydrogen) atoms. The molecule has 0 aliphatic heterocycles. The molecule has 2 aromatic carbocycles. The van der Waals surface area contributed by atoms with E-state index in [0.717, 1.165) is 0 Å². The molecule has 2 rings (SSSR count). The zero-order chi connectivity index (χ0) is 18.4. The molecule has 0 aliphatic rings. The van der Waals surface area contributed by atoms with Gasteiger partial charge in [-0.05, 0) is 25.0 Å². The molecule has 0 saturated heterocycles. The van der Waals surface area contributed by atoms with Gasteiger partial charge in [0.05, 0.1) is 0 Å². The van der Waals surface area contributed by atoms with Gasteiger partial charge in [0.2, 0.25) is 0 Å². The summed E-state index contributed by atoms with van der Waals surface area (Å²) in [4.78, 5) is 21.1. The largest absolute Gasteiger partial charge is 0.479 e. The van der Waals surface area contributed by atoms with Crippen molar-refractivity contribution in [1.82, 2.24) is 0 Å². The summed E-state index contributed by atoms with van der Waals surface area (Å²) in [5.74, 6) is -2.48. The van der Waals surface area contributed by atoms with Crippen molar-refractivity contribution in [1.29, 1.82) is 0 Å². The number of benzene rings is 2. The Labute approximate surface area is 139 Å². The van der Waals surface area contributed by atoms with Crippen molar-refractivity contribution in [2.45, 2.75) is 25.0 Å². The second kappa shape index (κ2) is 7.72. The summed E-state index contributed by atoms with van der Waals surface area (Å²) in [6.45, 7) is 2.51. The molecule has 128 valence electrons. The van der Waals surface area contributed by atoms with Crippen molar-refractivity contribution in [2.24, 2.45) is 0 Å². The quantitative estimate of drug-likeness (QED) is 0.680. The maximum absolute atomic E-state index is 10.6. The van der Waals surface area contributed by atoms with Gasteiger partial charge in [-0.15, -0.1) is 0 Å². The highest BCUT2D eigenvalue weighted by molar-refractivity contribution is 5.78. The van der Waals surface area contributed by atoms with Crippen LogP contribution < -0.4 is 0 Å². The zero-order valence-electron chi connectivity index (χ0n) is 13.4. The van der Waals surface area contributed by atoms with Gasteiger partial charge in [0, 0.05) is 0 Å². The fourth-order valence-electron chi connectivity index (χ4n) is 1.77. The summed E-state index contributed by atoms with van der Waals surface area (Å²) < 4.78 is 0. The van der Waals surface area contributed by atoms with E-state index in [-0.39, 0.29) is 0 Å². The first-order chi connectivity index (χ1) is 11.1. The summed E-state index contributed by atoms with van der Waals surface area (Å²) in [7, 11) is 0. The molecule has 0 saturated carbocycles. The molecule has 4 N–H and O–H groups in total. The lowest BCUT2D eigenvalue weighted by Crippen LogP contribution is -2.31. The number of hydrogen-bond acceptors (Lipinski definition) is 4. The van der Waals surface area contributed by atoms with Gasteiger partial charge >= 0.3 is 11.9 Å². The molecule has 6 nitrogen and oxygen atoms in total. The molecular formula is C18H20O6. The van der Waals surface area contributed by atoms with Crippen molar-refractivity contribution in [3.63, 3.8) is 0 Å². The molecule has 0 spiro atoms. The average Bonchev–Trinajstić information content (AvgIpc) is 2.56. The zero-order valence-corrected chi connectivity index (χ0v) is 13.4. The van der Waals surface area contributed by atoms with Crippen LogP contribution in [0.1, 0.15) is 25.0 Å². The van der Waals surface area contributed by atoms with Gasteiger partial charge in [0.25, 0.3) is 0 Å². The van der Waals surface area contributed by atoms with Crippen molar-refractivity contribution in [2.75, 3.05) is 0 Å². The number of carboxylic acid groups (broad SMARTS) is 2. The summed E-state index contributed by atoms with van der Waals surface area (Å²) >= 11 is 0. The number of carboxylic acids is 2. The number of hydrogen-bond donors (Lipinski definition) is 4. The maximum atomic E-state index is 10.6. The molecule has 6 heteroatoms. The Kier molecular flexibility index (Phi) is 6.22. The fourth-order valence-corrected chi connectivity index (χ4v) is 1.77. The smallest absolute Gasteiger partial charge is 0.340 e. The monoisotopic (exact) mass is 332 g/mol. The Balaban J connectivity index is 0.000000240. The van der Waals surface area contributed by atoms with Crippen LogP contribution in [0.4, 0.5) is 0 Å². The molecule has 0 fully saturated rings. The van der Waals surface area contributed by atoms with Crippen molar-refractivity contribution in [3.05, 3.63) is 71.8 Å². The van der Waals surface area contributed by atoms with Crippen LogP contribution >= 0.6 is 0 Å². The Morgan fingerprint density at radius 1 is 0.667 bits per heavy atom. The maximum Gasteiger partial charge on any atom is 0.340 e. The Morgan fingerprint density at radius 3 is 1.12 bits per heavy atom. The van der Waals surface area contributed by atoms with Crippen LogP contribution in [0.15, 0.2) is 60.7 Å². The SMILES string of the molecule is C[C@@](O)(C(=O)O)c1ccccc1.C[C@@](O)(C(=O)O)c1ccccc1. The predicted octanol–water partition coefficient (Wildman–Crippen LogP) is 1.96. The standard InChI is InChI=1S/2C9H10O3/c2*1-9(12,8(10)11)7-5-3-2-4-6-7/h2*2-6,12H,1H3,(H,10,11)/t2*9-/m00/s1. The highest BCUT2D eigenvalue weighted by Crippen LogP contribution is 2.20. The number of carbonyl (C=O) groups is 2. The van der Waals surface area contributed by atoms with Gasteiger partial charge in [-0.25, -0.2) is 9.59 Å². The predicted molar refractivity (Wildman–Crippen MR) is 87.3 cm³/mol. The number of aliphatic carboxylic acids is 2. The molecule has 0 heterocycles. The first kappa shape index (κ1) is 19.3. The van der Waals surface area contributed by atoms with Gasteiger partial charge in [-0.1, -0.05) is 60.7 Å². The summed E-state index contributed by atoms with van der Waals surface area (Å²) in [5.41, 5.74) is -2.81. The molecule has 0 aliphatic carbocycles. The first-order valence-electron chi connectivity index (χ1n) is 7.12. The van der Waals surface area contributed by atoms with E-state index < -0.39 is 23.1 Å². The summed E-state index contributed by atoms with van der Waals surface area (Å²) in [5, 5.41) is 36.2. The van der Waals surface area contributed by atoms with Crippen LogP contribution in [0.5, 0.6) is 0 Å². The van der Waals surface area contributed by atoms with Gasteiger partial charge in [-0.3, -0.25) is 0 Å². The minimum atomic E-state index is -1.79. The normalized spacial score (nSPS) is 15.2. The van der Waals surface area contributed by atoms with Gasteiger partial charge in [0.15, 0.2) is 11.2 Å². The molecule has 0 bridgehead atoms. The Hall–Kier alpha value is -2.70. The number of rotatable bonds is 4.